The topological polar surface area (TPSA) is 113 Å². The standard InChI is InChI=1S/C19H15N7O2/c20-26-15(14-10-11-6-4-5-9-13(11)27-14)19(26)18(21-12-7-2-1-3-8-12)22-16-17(23-19)25-28-24-16/h1-10,15H,20H2,(H,23,25)(H,21,22,24). The van der Waals surface area contributed by atoms with Crippen molar-refractivity contribution in [2.75, 3.05) is 5.32 Å². The molecule has 3 aliphatic heterocycles. The van der Waals surface area contributed by atoms with E-state index in [1.165, 1.54) is 0 Å². The van der Waals surface area contributed by atoms with Gasteiger partial charge in [-0.1, -0.05) is 36.4 Å². The van der Waals surface area contributed by atoms with Crippen LogP contribution in [0.1, 0.15) is 11.8 Å². The molecule has 0 aliphatic carbocycles. The average Bonchev–Trinajstić information content (AvgIpc) is 3.08. The molecule has 0 bridgehead atoms. The Balaban J connectivity index is 1.45. The first-order valence-electron chi connectivity index (χ1n) is 8.80. The van der Waals surface area contributed by atoms with Gasteiger partial charge in [-0.05, 0) is 29.4 Å². The molecule has 1 saturated heterocycles. The zero-order valence-electron chi connectivity index (χ0n) is 14.5. The number of nitrogens with two attached hydrogens (primary N) is 1. The fourth-order valence-corrected chi connectivity index (χ4v) is 3.68. The van der Waals surface area contributed by atoms with Gasteiger partial charge in [-0.15, -0.1) is 0 Å². The fourth-order valence-electron chi connectivity index (χ4n) is 3.68. The summed E-state index contributed by atoms with van der Waals surface area (Å²) < 4.78 is 6.04. The highest BCUT2D eigenvalue weighted by Gasteiger charge is 2.70. The van der Waals surface area contributed by atoms with Crippen molar-refractivity contribution < 1.29 is 9.36 Å². The molecule has 3 aliphatic rings. The van der Waals surface area contributed by atoms with Crippen molar-refractivity contribution in [1.82, 2.24) is 10.5 Å². The van der Waals surface area contributed by atoms with Crippen LogP contribution in [0.5, 0.6) is 0 Å². The van der Waals surface area contributed by atoms with Crippen molar-refractivity contribution >= 4 is 34.2 Å². The van der Waals surface area contributed by atoms with Crippen molar-refractivity contribution in [3.8, 4) is 0 Å². The van der Waals surface area contributed by atoms with Crippen LogP contribution in [0.2, 0.25) is 0 Å². The molecule has 0 saturated carbocycles. The van der Waals surface area contributed by atoms with Crippen LogP contribution in [0.4, 0.5) is 5.69 Å². The smallest absolute Gasteiger partial charge is 0.241 e. The number of hydrogen-bond acceptors (Lipinski definition) is 9. The summed E-state index contributed by atoms with van der Waals surface area (Å²) in [5.41, 5.74) is 3.40. The summed E-state index contributed by atoms with van der Waals surface area (Å²) in [5, 5.41) is 9.81. The predicted octanol–water partition coefficient (Wildman–Crippen LogP) is 2.13. The van der Waals surface area contributed by atoms with Gasteiger partial charge in [0, 0.05) is 11.1 Å². The van der Waals surface area contributed by atoms with E-state index in [1.54, 1.807) is 5.01 Å². The Morgan fingerprint density at radius 3 is 2.79 bits per heavy atom. The van der Waals surface area contributed by atoms with E-state index in [4.69, 9.17) is 20.2 Å². The Labute approximate surface area is 159 Å². The number of aliphatic imine (C=N–C) groups is 2. The lowest BCUT2D eigenvalue weighted by Gasteiger charge is -2.20. The van der Waals surface area contributed by atoms with Gasteiger partial charge < -0.3 is 9.73 Å². The zero-order valence-corrected chi connectivity index (χ0v) is 14.5. The molecule has 9 heteroatoms. The summed E-state index contributed by atoms with van der Waals surface area (Å²) in [6, 6.07) is 19.2. The lowest BCUT2D eigenvalue weighted by atomic mass is 10.1. The minimum Gasteiger partial charge on any atom is -0.459 e. The molecule has 1 spiro atoms. The maximum atomic E-state index is 6.39. The minimum atomic E-state index is -0.932. The highest BCUT2D eigenvalue weighted by molar-refractivity contribution is 6.45. The largest absolute Gasteiger partial charge is 0.459 e. The number of benzene rings is 2. The molecule has 28 heavy (non-hydrogen) atoms. The molecule has 3 aromatic rings. The fraction of sp³-hybridized carbons (Fsp3) is 0.105. The van der Waals surface area contributed by atoms with Gasteiger partial charge in [0.15, 0.2) is 5.84 Å². The van der Waals surface area contributed by atoms with Crippen LogP contribution in [-0.4, -0.2) is 28.2 Å². The van der Waals surface area contributed by atoms with Crippen LogP contribution < -0.4 is 16.6 Å². The van der Waals surface area contributed by atoms with Crippen LogP contribution in [0.15, 0.2) is 80.2 Å². The lowest BCUT2D eigenvalue weighted by molar-refractivity contribution is 0.106. The number of fused-ring (bicyclic) bond motifs is 2. The Hall–Kier alpha value is -3.69. The number of amidine groups is 3. The number of hydroxylamine groups is 1. The van der Waals surface area contributed by atoms with E-state index in [2.05, 4.69) is 20.9 Å². The molecule has 6 rings (SSSR count). The van der Waals surface area contributed by atoms with E-state index in [0.717, 1.165) is 22.4 Å². The van der Waals surface area contributed by atoms with Crippen molar-refractivity contribution in [2.45, 2.75) is 11.7 Å². The van der Waals surface area contributed by atoms with Gasteiger partial charge in [0.2, 0.25) is 17.3 Å². The molecule has 4 heterocycles. The van der Waals surface area contributed by atoms with E-state index in [9.17, 15) is 0 Å². The third-order valence-corrected chi connectivity index (χ3v) is 5.07. The van der Waals surface area contributed by atoms with Crippen LogP contribution in [0.3, 0.4) is 0 Å². The van der Waals surface area contributed by atoms with Crippen molar-refractivity contribution in [1.29, 1.82) is 0 Å². The third-order valence-electron chi connectivity index (χ3n) is 5.07. The third kappa shape index (κ3) is 2.05. The molecule has 3 atom stereocenters. The second-order valence-corrected chi connectivity index (χ2v) is 6.74. The molecule has 1 fully saturated rings. The van der Waals surface area contributed by atoms with Crippen molar-refractivity contribution in [3.05, 3.63) is 66.4 Å². The molecule has 0 amide bonds. The Morgan fingerprint density at radius 1 is 1.11 bits per heavy atom. The van der Waals surface area contributed by atoms with E-state index < -0.39 is 5.66 Å². The van der Waals surface area contributed by atoms with Crippen LogP contribution in [-0.2, 0) is 4.94 Å². The molecular weight excluding hydrogens is 358 g/mol. The Kier molecular flexibility index (Phi) is 2.97. The predicted molar refractivity (Wildman–Crippen MR) is 104 cm³/mol. The van der Waals surface area contributed by atoms with Crippen molar-refractivity contribution in [3.63, 3.8) is 0 Å². The van der Waals surface area contributed by atoms with Crippen LogP contribution in [0, 0.1) is 0 Å². The Bertz CT molecular complexity index is 1150. The monoisotopic (exact) mass is 373 g/mol. The molecule has 4 N–H and O–H groups in total. The van der Waals surface area contributed by atoms with E-state index in [0.29, 0.717) is 17.5 Å². The van der Waals surface area contributed by atoms with Gasteiger partial charge in [0.25, 0.3) is 0 Å². The van der Waals surface area contributed by atoms with E-state index >= 15 is 0 Å². The summed E-state index contributed by atoms with van der Waals surface area (Å²) in [4.78, 5) is 14.3. The summed E-state index contributed by atoms with van der Waals surface area (Å²) in [5.74, 6) is 8.47. The minimum absolute atomic E-state index is 0.314. The number of nitrogens with one attached hydrogen (secondary N) is 2. The number of rotatable bonds is 2. The molecule has 138 valence electrons. The number of furan rings is 1. The molecular formula is C19H15N7O2. The van der Waals surface area contributed by atoms with Gasteiger partial charge in [-0.3, -0.25) is 10.8 Å². The van der Waals surface area contributed by atoms with Gasteiger partial charge in [-0.2, -0.15) is 10.5 Å². The van der Waals surface area contributed by atoms with Crippen molar-refractivity contribution in [2.24, 2.45) is 21.0 Å². The maximum absolute atomic E-state index is 6.39. The lowest BCUT2D eigenvalue weighted by Crippen LogP contribution is -2.43. The van der Waals surface area contributed by atoms with E-state index in [-0.39, 0.29) is 6.04 Å². The average molecular weight is 373 g/mol. The number of hydrazine groups is 1. The summed E-state index contributed by atoms with van der Waals surface area (Å²) >= 11 is 0. The van der Waals surface area contributed by atoms with Crippen LogP contribution >= 0.6 is 0 Å². The molecule has 1 aromatic heterocycles. The SMILES string of the molecule is NN1C(c2cc3ccccc3o2)C12N=C1NON=C1N=C2Nc1ccccc1. The summed E-state index contributed by atoms with van der Waals surface area (Å²) in [6.45, 7) is 0. The first-order valence-corrected chi connectivity index (χ1v) is 8.80. The Morgan fingerprint density at radius 2 is 1.93 bits per heavy atom. The molecule has 3 unspecified atom stereocenters. The van der Waals surface area contributed by atoms with Gasteiger partial charge in [0.05, 0.1) is 0 Å². The van der Waals surface area contributed by atoms with Gasteiger partial charge in [0.1, 0.15) is 17.4 Å². The quantitative estimate of drug-likeness (QED) is 0.469. The summed E-state index contributed by atoms with van der Waals surface area (Å²) in [6.07, 6.45) is 0. The first-order chi connectivity index (χ1) is 13.8. The second-order valence-electron chi connectivity index (χ2n) is 6.74. The highest BCUT2D eigenvalue weighted by Crippen LogP contribution is 2.54. The highest BCUT2D eigenvalue weighted by atomic mass is 16.8. The first kappa shape index (κ1) is 15.4. The molecule has 9 nitrogen and oxygen atoms in total. The normalized spacial score (nSPS) is 27.4. The van der Waals surface area contributed by atoms with Crippen LogP contribution in [0.25, 0.3) is 11.0 Å². The van der Waals surface area contributed by atoms with Gasteiger partial charge in [-0.25, -0.2) is 9.98 Å². The number of anilines is 1. The maximum Gasteiger partial charge on any atom is 0.241 e. The summed E-state index contributed by atoms with van der Waals surface area (Å²) in [7, 11) is 0. The second kappa shape index (κ2) is 5.41. The molecule has 2 aromatic carbocycles. The number of oxime groups is 1. The number of hydrogen-bond donors (Lipinski definition) is 3. The zero-order chi connectivity index (χ0) is 18.7. The van der Waals surface area contributed by atoms with E-state index in [1.807, 2.05) is 60.7 Å². The number of para-hydroxylation sites is 2. The number of nitrogens with zero attached hydrogens (tertiary/aromatic N) is 4. The molecule has 0 radical (unpaired) electrons. The van der Waals surface area contributed by atoms with Gasteiger partial charge >= 0.3 is 0 Å².